The zero-order valence-corrected chi connectivity index (χ0v) is 14.0. The van der Waals surface area contributed by atoms with E-state index in [1.807, 2.05) is 12.1 Å². The van der Waals surface area contributed by atoms with Gasteiger partial charge in [0, 0.05) is 16.3 Å². The molecular weight excluding hydrogens is 320 g/mol. The summed E-state index contributed by atoms with van der Waals surface area (Å²) in [7, 11) is 0. The van der Waals surface area contributed by atoms with Gasteiger partial charge in [-0.3, -0.25) is 0 Å². The molecule has 2 rings (SSSR count). The maximum Gasteiger partial charge on any atom is 0.115 e. The van der Waals surface area contributed by atoms with Gasteiger partial charge in [-0.25, -0.2) is 0 Å². The monoisotopic (exact) mass is 336 g/mol. The van der Waals surface area contributed by atoms with E-state index in [0.29, 0.717) is 27.4 Å². The number of allylic oxidation sites excluding steroid dienone is 5. The minimum atomic E-state index is 0.181. The number of nitrogens with zero attached hydrogens (tertiary/aromatic N) is 1. The lowest BCUT2D eigenvalue weighted by Crippen LogP contribution is -2.00. The Hall–Kier alpha value is -2.96. The van der Waals surface area contributed by atoms with Gasteiger partial charge < -0.3 is 10.8 Å². The van der Waals surface area contributed by atoms with Gasteiger partial charge in [0.05, 0.1) is 5.57 Å². The fourth-order valence-corrected chi connectivity index (χ4v) is 2.44. The van der Waals surface area contributed by atoms with E-state index in [-0.39, 0.29) is 5.75 Å². The molecule has 0 aliphatic carbocycles. The average molecular weight is 337 g/mol. The summed E-state index contributed by atoms with van der Waals surface area (Å²) in [5.74, 6) is 0.181. The van der Waals surface area contributed by atoms with E-state index in [9.17, 15) is 10.4 Å². The van der Waals surface area contributed by atoms with E-state index in [1.165, 1.54) is 0 Å². The second kappa shape index (κ2) is 7.54. The maximum absolute atomic E-state index is 9.49. The first-order chi connectivity index (χ1) is 11.4. The summed E-state index contributed by atoms with van der Waals surface area (Å²) in [4.78, 5) is 0. The Morgan fingerprint density at radius 3 is 2.42 bits per heavy atom. The second-order valence-corrected chi connectivity index (χ2v) is 5.75. The van der Waals surface area contributed by atoms with Crippen LogP contribution < -0.4 is 5.73 Å². The van der Waals surface area contributed by atoms with Crippen molar-refractivity contribution < 1.29 is 5.11 Å². The van der Waals surface area contributed by atoms with Crippen LogP contribution in [0, 0.1) is 11.3 Å². The molecule has 24 heavy (non-hydrogen) atoms. The lowest BCUT2D eigenvalue weighted by molar-refractivity contribution is 0.475. The summed E-state index contributed by atoms with van der Waals surface area (Å²) >= 11 is 6.08. The molecular formula is C20H17ClN2O. The Labute approximate surface area is 146 Å². The third-order valence-corrected chi connectivity index (χ3v) is 3.70. The molecule has 0 radical (unpaired) electrons. The Morgan fingerprint density at radius 2 is 1.88 bits per heavy atom. The molecule has 0 bridgehead atoms. The van der Waals surface area contributed by atoms with Crippen LogP contribution in [0.2, 0.25) is 5.02 Å². The third kappa shape index (κ3) is 4.07. The molecule has 0 atom stereocenters. The number of phenols is 1. The molecule has 4 heteroatoms. The third-order valence-electron chi connectivity index (χ3n) is 3.47. The highest BCUT2D eigenvalue weighted by Gasteiger charge is 2.12. The van der Waals surface area contributed by atoms with Crippen molar-refractivity contribution in [2.24, 2.45) is 5.73 Å². The van der Waals surface area contributed by atoms with Crippen LogP contribution in [-0.4, -0.2) is 5.11 Å². The highest BCUT2D eigenvalue weighted by molar-refractivity contribution is 6.30. The molecule has 0 saturated heterocycles. The summed E-state index contributed by atoms with van der Waals surface area (Å²) in [5.41, 5.74) is 9.63. The van der Waals surface area contributed by atoms with Gasteiger partial charge in [0.25, 0.3) is 0 Å². The molecule has 0 aliphatic rings. The highest BCUT2D eigenvalue weighted by Crippen LogP contribution is 2.30. The van der Waals surface area contributed by atoms with Gasteiger partial charge in [0.1, 0.15) is 11.8 Å². The minimum absolute atomic E-state index is 0.181. The number of nitrogens with two attached hydrogens (primary N) is 1. The van der Waals surface area contributed by atoms with E-state index in [4.69, 9.17) is 17.3 Å². The van der Waals surface area contributed by atoms with Crippen LogP contribution in [0.4, 0.5) is 0 Å². The first-order valence-corrected chi connectivity index (χ1v) is 7.63. The van der Waals surface area contributed by atoms with Crippen molar-refractivity contribution in [3.63, 3.8) is 0 Å². The van der Waals surface area contributed by atoms with E-state index in [0.717, 1.165) is 11.1 Å². The van der Waals surface area contributed by atoms with Crippen molar-refractivity contribution in [2.45, 2.75) is 6.92 Å². The lowest BCUT2D eigenvalue weighted by atomic mass is 9.93. The molecule has 0 heterocycles. The van der Waals surface area contributed by atoms with Crippen LogP contribution in [0.25, 0.3) is 11.1 Å². The van der Waals surface area contributed by atoms with Gasteiger partial charge in [-0.1, -0.05) is 42.4 Å². The maximum atomic E-state index is 9.49. The molecule has 2 aromatic rings. The molecule has 0 amide bonds. The molecule has 0 unspecified atom stereocenters. The van der Waals surface area contributed by atoms with Crippen LogP contribution in [0.3, 0.4) is 0 Å². The molecule has 2 aromatic carbocycles. The zero-order valence-electron chi connectivity index (χ0n) is 13.3. The number of hydrogen-bond acceptors (Lipinski definition) is 3. The summed E-state index contributed by atoms with van der Waals surface area (Å²) in [6.07, 6.45) is 1.80. The molecule has 0 spiro atoms. The molecule has 120 valence electrons. The molecule has 0 fully saturated rings. The minimum Gasteiger partial charge on any atom is -0.508 e. The van der Waals surface area contributed by atoms with Crippen molar-refractivity contribution in [2.75, 3.05) is 0 Å². The highest BCUT2D eigenvalue weighted by atomic mass is 35.5. The number of rotatable bonds is 4. The van der Waals surface area contributed by atoms with Gasteiger partial charge in [-0.05, 0) is 54.0 Å². The van der Waals surface area contributed by atoms with Gasteiger partial charge in [-0.15, -0.1) is 0 Å². The van der Waals surface area contributed by atoms with E-state index in [1.54, 1.807) is 49.4 Å². The quantitative estimate of drug-likeness (QED) is 0.616. The van der Waals surface area contributed by atoms with E-state index < -0.39 is 0 Å². The normalized spacial score (nSPS) is 12.3. The van der Waals surface area contributed by atoms with Crippen LogP contribution in [0.5, 0.6) is 5.75 Å². The SMILES string of the molecule is C=C(/C=C(\C(C#N)=C(\C)N)c1cccc(Cl)c1)c1ccc(O)cc1. The van der Waals surface area contributed by atoms with Crippen LogP contribution in [-0.2, 0) is 0 Å². The smallest absolute Gasteiger partial charge is 0.115 e. The summed E-state index contributed by atoms with van der Waals surface area (Å²) in [5, 5.41) is 19.5. The van der Waals surface area contributed by atoms with E-state index >= 15 is 0 Å². The zero-order chi connectivity index (χ0) is 17.7. The van der Waals surface area contributed by atoms with Crippen molar-refractivity contribution in [1.82, 2.24) is 0 Å². The Balaban J connectivity index is 2.58. The first-order valence-electron chi connectivity index (χ1n) is 7.25. The number of nitriles is 1. The molecule has 0 aliphatic heterocycles. The Morgan fingerprint density at radius 1 is 1.21 bits per heavy atom. The number of phenolic OH excluding ortho intramolecular Hbond substituents is 1. The molecule has 0 saturated carbocycles. The van der Waals surface area contributed by atoms with Crippen molar-refractivity contribution in [1.29, 1.82) is 5.26 Å². The fourth-order valence-electron chi connectivity index (χ4n) is 2.25. The Kier molecular flexibility index (Phi) is 5.47. The summed E-state index contributed by atoms with van der Waals surface area (Å²) < 4.78 is 0. The lowest BCUT2D eigenvalue weighted by Gasteiger charge is -2.11. The standard InChI is InChI=1S/C20H17ClN2O/c1-13(15-6-8-18(24)9-7-15)10-19(20(12-22)14(2)23)16-4-3-5-17(21)11-16/h3-11,24H,1,23H2,2H3/b19-10-,20-14-. The van der Waals surface area contributed by atoms with Crippen molar-refractivity contribution in [3.05, 3.63) is 88.6 Å². The van der Waals surface area contributed by atoms with Gasteiger partial charge >= 0.3 is 0 Å². The van der Waals surface area contributed by atoms with Gasteiger partial charge in [0.2, 0.25) is 0 Å². The molecule has 0 aromatic heterocycles. The first kappa shape index (κ1) is 17.4. The largest absolute Gasteiger partial charge is 0.508 e. The second-order valence-electron chi connectivity index (χ2n) is 5.31. The van der Waals surface area contributed by atoms with Gasteiger partial charge in [0.15, 0.2) is 0 Å². The summed E-state index contributed by atoms with van der Waals surface area (Å²) in [6.45, 7) is 5.74. The molecule has 3 nitrogen and oxygen atoms in total. The van der Waals surface area contributed by atoms with Crippen LogP contribution >= 0.6 is 11.6 Å². The number of aromatic hydroxyl groups is 1. The predicted molar refractivity (Wildman–Crippen MR) is 99.1 cm³/mol. The summed E-state index contributed by atoms with van der Waals surface area (Å²) in [6, 6.07) is 16.1. The van der Waals surface area contributed by atoms with Gasteiger partial charge in [-0.2, -0.15) is 5.26 Å². The van der Waals surface area contributed by atoms with Crippen LogP contribution in [0.1, 0.15) is 18.1 Å². The van der Waals surface area contributed by atoms with Crippen molar-refractivity contribution in [3.8, 4) is 11.8 Å². The average Bonchev–Trinajstić information content (AvgIpc) is 2.54. The van der Waals surface area contributed by atoms with Crippen LogP contribution in [0.15, 0.2) is 72.5 Å². The number of halogens is 1. The van der Waals surface area contributed by atoms with E-state index in [2.05, 4.69) is 12.6 Å². The predicted octanol–water partition coefficient (Wildman–Crippen LogP) is 4.90. The molecule has 3 N–H and O–H groups in total. The fraction of sp³-hybridized carbons (Fsp3) is 0.0500. The Bertz CT molecular complexity index is 867. The number of benzene rings is 2. The number of hydrogen-bond donors (Lipinski definition) is 2. The van der Waals surface area contributed by atoms with Crippen molar-refractivity contribution >= 4 is 22.7 Å². The topological polar surface area (TPSA) is 70.0 Å².